The average Bonchev–Trinajstić information content (AvgIpc) is 2.19. The van der Waals surface area contributed by atoms with Crippen molar-refractivity contribution in [1.29, 1.82) is 0 Å². The molecule has 0 spiro atoms. The zero-order valence-electron chi connectivity index (χ0n) is 8.92. The van der Waals surface area contributed by atoms with Crippen molar-refractivity contribution in [3.8, 4) is 0 Å². The molecule has 0 aromatic rings. The maximum atomic E-state index is 11.0. The van der Waals surface area contributed by atoms with Gasteiger partial charge in [0.15, 0.2) is 6.10 Å². The Hall–Kier alpha value is -1.39. The van der Waals surface area contributed by atoms with Crippen LogP contribution in [-0.4, -0.2) is 55.6 Å². The van der Waals surface area contributed by atoms with Crippen molar-refractivity contribution in [2.24, 2.45) is 5.14 Å². The van der Waals surface area contributed by atoms with Gasteiger partial charge in [-0.1, -0.05) is 0 Å². The number of amides is 2. The Bertz CT molecular complexity index is 368. The molecule has 0 fully saturated rings. The van der Waals surface area contributed by atoms with Gasteiger partial charge in [0.1, 0.15) is 0 Å². The summed E-state index contributed by atoms with van der Waals surface area (Å²) in [5.74, 6) is -1.70. The fourth-order valence-corrected chi connectivity index (χ4v) is 1.36. The number of primary sulfonamides is 1. The van der Waals surface area contributed by atoms with E-state index in [1.165, 1.54) is 0 Å². The molecule has 2 amide bonds. The molecule has 0 bridgehead atoms. The standard InChI is InChI=1S/C7H15N3O6S/c8-17(15,16)3-1-2-9-7(14)10-4-5(11)6(12)13/h5,11H,1-4H2,(H,12,13)(H2,8,15,16)(H2,9,10,14)/t5-/m0/s1. The highest BCUT2D eigenvalue weighted by Crippen LogP contribution is 1.84. The molecule has 100 valence electrons. The first kappa shape index (κ1) is 15.6. The zero-order chi connectivity index (χ0) is 13.5. The zero-order valence-corrected chi connectivity index (χ0v) is 9.74. The first-order chi connectivity index (χ1) is 7.72. The van der Waals surface area contributed by atoms with Gasteiger partial charge in [-0.15, -0.1) is 0 Å². The highest BCUT2D eigenvalue weighted by atomic mass is 32.2. The van der Waals surface area contributed by atoms with Gasteiger partial charge in [0, 0.05) is 6.54 Å². The quantitative estimate of drug-likeness (QED) is 0.319. The molecule has 9 nitrogen and oxygen atoms in total. The van der Waals surface area contributed by atoms with Crippen LogP contribution < -0.4 is 15.8 Å². The third-order valence-corrected chi connectivity index (χ3v) is 2.49. The van der Waals surface area contributed by atoms with E-state index in [2.05, 4.69) is 10.6 Å². The van der Waals surface area contributed by atoms with Crippen LogP contribution in [0, 0.1) is 0 Å². The fourth-order valence-electron chi connectivity index (χ4n) is 0.814. The number of hydrogen-bond donors (Lipinski definition) is 5. The molecule has 1 atom stereocenters. The van der Waals surface area contributed by atoms with E-state index >= 15 is 0 Å². The Balaban J connectivity index is 3.64. The number of nitrogens with one attached hydrogen (secondary N) is 2. The van der Waals surface area contributed by atoms with Crippen molar-refractivity contribution in [3.05, 3.63) is 0 Å². The van der Waals surface area contributed by atoms with E-state index in [-0.39, 0.29) is 18.7 Å². The lowest BCUT2D eigenvalue weighted by molar-refractivity contribution is -0.146. The summed E-state index contributed by atoms with van der Waals surface area (Å²) in [5.41, 5.74) is 0. The van der Waals surface area contributed by atoms with Crippen molar-refractivity contribution in [2.45, 2.75) is 12.5 Å². The molecule has 0 saturated heterocycles. The summed E-state index contributed by atoms with van der Waals surface area (Å²) < 4.78 is 21.0. The molecule has 0 aromatic carbocycles. The SMILES string of the molecule is NS(=O)(=O)CCCNC(=O)NC[C@H](O)C(=O)O. The van der Waals surface area contributed by atoms with Gasteiger partial charge < -0.3 is 20.8 Å². The number of aliphatic hydroxyl groups excluding tert-OH is 1. The van der Waals surface area contributed by atoms with Gasteiger partial charge in [-0.05, 0) is 6.42 Å². The monoisotopic (exact) mass is 269 g/mol. The summed E-state index contributed by atoms with van der Waals surface area (Å²) in [6, 6.07) is -0.695. The number of sulfonamides is 1. The van der Waals surface area contributed by atoms with Gasteiger partial charge in [0.25, 0.3) is 0 Å². The lowest BCUT2D eigenvalue weighted by atomic mass is 10.4. The Morgan fingerprint density at radius 3 is 2.35 bits per heavy atom. The number of carboxylic acids is 1. The second-order valence-corrected chi connectivity index (χ2v) is 4.95. The highest BCUT2D eigenvalue weighted by Gasteiger charge is 2.13. The number of aliphatic carboxylic acids is 1. The molecular weight excluding hydrogens is 254 g/mol. The minimum absolute atomic E-state index is 0.0748. The molecule has 0 rings (SSSR count). The van der Waals surface area contributed by atoms with Gasteiger partial charge in [0.05, 0.1) is 12.3 Å². The van der Waals surface area contributed by atoms with Gasteiger partial charge in [-0.2, -0.15) is 0 Å². The molecule has 0 saturated carbocycles. The van der Waals surface area contributed by atoms with Crippen LogP contribution in [0.3, 0.4) is 0 Å². The molecule has 10 heteroatoms. The fraction of sp³-hybridized carbons (Fsp3) is 0.714. The topological polar surface area (TPSA) is 159 Å². The van der Waals surface area contributed by atoms with E-state index < -0.39 is 34.7 Å². The molecule has 0 unspecified atom stereocenters. The lowest BCUT2D eigenvalue weighted by Crippen LogP contribution is -2.42. The summed E-state index contributed by atoms with van der Waals surface area (Å²) >= 11 is 0. The summed E-state index contributed by atoms with van der Waals surface area (Å²) in [5, 5.41) is 26.2. The molecule has 6 N–H and O–H groups in total. The molecule has 0 aliphatic rings. The van der Waals surface area contributed by atoms with Crippen molar-refractivity contribution in [1.82, 2.24) is 10.6 Å². The van der Waals surface area contributed by atoms with E-state index in [0.29, 0.717) is 0 Å². The predicted molar refractivity (Wildman–Crippen MR) is 57.6 cm³/mol. The summed E-state index contributed by atoms with van der Waals surface area (Å²) in [6.07, 6.45) is -1.53. The smallest absolute Gasteiger partial charge is 0.334 e. The molecule has 0 aromatic heterocycles. The van der Waals surface area contributed by atoms with E-state index in [1.807, 2.05) is 0 Å². The Labute approximate surface area is 98.0 Å². The number of nitrogens with two attached hydrogens (primary N) is 1. The normalized spacial score (nSPS) is 12.8. The van der Waals surface area contributed by atoms with E-state index in [4.69, 9.17) is 15.4 Å². The first-order valence-electron chi connectivity index (χ1n) is 4.65. The minimum atomic E-state index is -3.55. The third-order valence-electron chi connectivity index (χ3n) is 1.63. The number of urea groups is 1. The second kappa shape index (κ2) is 7.04. The van der Waals surface area contributed by atoms with Gasteiger partial charge >= 0.3 is 12.0 Å². The first-order valence-corrected chi connectivity index (χ1v) is 6.37. The van der Waals surface area contributed by atoms with Gasteiger partial charge in [-0.3, -0.25) is 0 Å². The van der Waals surface area contributed by atoms with Crippen LogP contribution in [0.15, 0.2) is 0 Å². The average molecular weight is 269 g/mol. The van der Waals surface area contributed by atoms with Crippen LogP contribution in [-0.2, 0) is 14.8 Å². The van der Waals surface area contributed by atoms with E-state index in [1.54, 1.807) is 0 Å². The van der Waals surface area contributed by atoms with Crippen LogP contribution in [0.5, 0.6) is 0 Å². The van der Waals surface area contributed by atoms with Crippen LogP contribution in [0.25, 0.3) is 0 Å². The molecule has 0 aliphatic carbocycles. The largest absolute Gasteiger partial charge is 0.479 e. The van der Waals surface area contributed by atoms with Gasteiger partial charge in [0.2, 0.25) is 10.0 Å². The van der Waals surface area contributed by atoms with Gasteiger partial charge in [-0.25, -0.2) is 23.1 Å². The number of aliphatic hydroxyl groups is 1. The number of carbonyl (C=O) groups excluding carboxylic acids is 1. The maximum Gasteiger partial charge on any atom is 0.334 e. The lowest BCUT2D eigenvalue weighted by Gasteiger charge is -2.08. The van der Waals surface area contributed by atoms with Crippen LogP contribution in [0.2, 0.25) is 0 Å². The van der Waals surface area contributed by atoms with Crippen molar-refractivity contribution in [2.75, 3.05) is 18.8 Å². The van der Waals surface area contributed by atoms with Crippen LogP contribution in [0.1, 0.15) is 6.42 Å². The molecule has 0 aliphatic heterocycles. The number of rotatable bonds is 7. The summed E-state index contributed by atoms with van der Waals surface area (Å²) in [7, 11) is -3.55. The van der Waals surface area contributed by atoms with Crippen LogP contribution >= 0.6 is 0 Å². The number of carbonyl (C=O) groups is 2. The molecular formula is C7H15N3O6S. The van der Waals surface area contributed by atoms with Crippen molar-refractivity contribution < 1.29 is 28.2 Å². The predicted octanol–water partition coefficient (Wildman–Crippen LogP) is -2.59. The van der Waals surface area contributed by atoms with Crippen LogP contribution in [0.4, 0.5) is 4.79 Å². The van der Waals surface area contributed by atoms with E-state index in [9.17, 15) is 18.0 Å². The molecule has 0 heterocycles. The minimum Gasteiger partial charge on any atom is -0.479 e. The molecule has 0 radical (unpaired) electrons. The molecule has 17 heavy (non-hydrogen) atoms. The Morgan fingerprint density at radius 2 is 1.88 bits per heavy atom. The second-order valence-electron chi connectivity index (χ2n) is 3.21. The third kappa shape index (κ3) is 9.53. The summed E-state index contributed by atoms with van der Waals surface area (Å²) in [4.78, 5) is 21.2. The number of hydrogen-bond acceptors (Lipinski definition) is 5. The van der Waals surface area contributed by atoms with Crippen molar-refractivity contribution in [3.63, 3.8) is 0 Å². The number of carboxylic acid groups (broad SMARTS) is 1. The van der Waals surface area contributed by atoms with E-state index in [0.717, 1.165) is 0 Å². The van der Waals surface area contributed by atoms with Crippen molar-refractivity contribution >= 4 is 22.0 Å². The summed E-state index contributed by atoms with van der Waals surface area (Å²) in [6.45, 7) is -0.359. The Kier molecular flexibility index (Phi) is 6.46. The maximum absolute atomic E-state index is 11.0. The Morgan fingerprint density at radius 1 is 1.29 bits per heavy atom. The highest BCUT2D eigenvalue weighted by molar-refractivity contribution is 7.89.